The van der Waals surface area contributed by atoms with Crippen LogP contribution in [-0.2, 0) is 6.42 Å². The number of fused-ring (bicyclic) bond motifs is 1. The van der Waals surface area contributed by atoms with Crippen molar-refractivity contribution in [2.45, 2.75) is 57.2 Å². The van der Waals surface area contributed by atoms with E-state index >= 15 is 0 Å². The van der Waals surface area contributed by atoms with Crippen LogP contribution < -0.4 is 10.2 Å². The molecule has 1 aliphatic heterocycles. The highest BCUT2D eigenvalue weighted by molar-refractivity contribution is 5.57. The second-order valence-corrected chi connectivity index (χ2v) is 6.51. The maximum absolute atomic E-state index is 9.59. The Morgan fingerprint density at radius 2 is 2.10 bits per heavy atom. The van der Waals surface area contributed by atoms with Crippen LogP contribution in [0.1, 0.15) is 38.7 Å². The first kappa shape index (κ1) is 13.5. The van der Waals surface area contributed by atoms with Gasteiger partial charge in [0.25, 0.3) is 0 Å². The smallest absolute Gasteiger partial charge is 0.121 e. The fourth-order valence-corrected chi connectivity index (χ4v) is 3.13. The highest BCUT2D eigenvalue weighted by Gasteiger charge is 2.36. The fraction of sp³-hybridized carbons (Fsp3) is 0.588. The van der Waals surface area contributed by atoms with Crippen molar-refractivity contribution in [1.29, 1.82) is 5.26 Å². The highest BCUT2D eigenvalue weighted by Crippen LogP contribution is 2.32. The molecule has 3 rings (SSSR count). The topological polar surface area (TPSA) is 39.1 Å². The van der Waals surface area contributed by atoms with E-state index in [1.165, 1.54) is 30.5 Å². The summed E-state index contributed by atoms with van der Waals surface area (Å²) < 4.78 is 0. The van der Waals surface area contributed by atoms with E-state index in [-0.39, 0.29) is 0 Å². The summed E-state index contributed by atoms with van der Waals surface area (Å²) in [5.41, 5.74) is 2.27. The standard InChI is InChI=1S/C17H23N3/c1-13-7-8-14-5-3-4-6-16(14)20(13)12-17(2,11-18)19-15-9-10-15/h3-6,13,15,19H,7-10,12H2,1-2H3. The molecule has 0 amide bonds. The molecule has 1 aromatic carbocycles. The average Bonchev–Trinajstić information content (AvgIpc) is 3.26. The van der Waals surface area contributed by atoms with Crippen LogP contribution in [0.3, 0.4) is 0 Å². The summed E-state index contributed by atoms with van der Waals surface area (Å²) in [6.07, 6.45) is 4.74. The number of anilines is 1. The lowest BCUT2D eigenvalue weighted by Gasteiger charge is -2.41. The molecule has 0 spiro atoms. The van der Waals surface area contributed by atoms with Crippen molar-refractivity contribution in [2.24, 2.45) is 0 Å². The molecule has 1 heterocycles. The molecule has 0 aromatic heterocycles. The second-order valence-electron chi connectivity index (χ2n) is 6.51. The van der Waals surface area contributed by atoms with Crippen molar-refractivity contribution in [1.82, 2.24) is 5.32 Å². The van der Waals surface area contributed by atoms with Gasteiger partial charge in [-0.05, 0) is 51.2 Å². The summed E-state index contributed by atoms with van der Waals surface area (Å²) >= 11 is 0. The first-order valence-corrected chi connectivity index (χ1v) is 7.65. The molecule has 3 nitrogen and oxygen atoms in total. The molecule has 2 unspecified atom stereocenters. The van der Waals surface area contributed by atoms with Crippen molar-refractivity contribution in [3.63, 3.8) is 0 Å². The molecule has 1 saturated carbocycles. The molecule has 106 valence electrons. The molecule has 0 bridgehead atoms. The van der Waals surface area contributed by atoms with Crippen LogP contribution in [0.5, 0.6) is 0 Å². The highest BCUT2D eigenvalue weighted by atomic mass is 15.2. The van der Waals surface area contributed by atoms with Crippen LogP contribution in [0.4, 0.5) is 5.69 Å². The third-order valence-electron chi connectivity index (χ3n) is 4.50. The van der Waals surface area contributed by atoms with Gasteiger partial charge in [0.2, 0.25) is 0 Å². The molecule has 1 aromatic rings. The van der Waals surface area contributed by atoms with Gasteiger partial charge in [-0.2, -0.15) is 5.26 Å². The monoisotopic (exact) mass is 269 g/mol. The Balaban J connectivity index is 1.83. The van der Waals surface area contributed by atoms with Gasteiger partial charge in [-0.25, -0.2) is 0 Å². The number of rotatable bonds is 4. The van der Waals surface area contributed by atoms with Crippen LogP contribution >= 0.6 is 0 Å². The SMILES string of the molecule is CC1CCc2ccccc2N1CC(C)(C#N)NC1CC1. The van der Waals surface area contributed by atoms with E-state index in [1.54, 1.807) is 0 Å². The fourth-order valence-electron chi connectivity index (χ4n) is 3.13. The largest absolute Gasteiger partial charge is 0.366 e. The van der Waals surface area contributed by atoms with Gasteiger partial charge < -0.3 is 4.90 Å². The van der Waals surface area contributed by atoms with Gasteiger partial charge in [-0.1, -0.05) is 18.2 Å². The van der Waals surface area contributed by atoms with Gasteiger partial charge in [0.05, 0.1) is 6.07 Å². The Hall–Kier alpha value is -1.53. The van der Waals surface area contributed by atoms with Crippen molar-refractivity contribution >= 4 is 5.69 Å². The lowest BCUT2D eigenvalue weighted by atomic mass is 9.93. The molecule has 3 heteroatoms. The minimum atomic E-state index is -0.458. The van der Waals surface area contributed by atoms with Crippen LogP contribution in [0, 0.1) is 11.3 Å². The predicted octanol–water partition coefficient (Wildman–Crippen LogP) is 2.86. The van der Waals surface area contributed by atoms with Gasteiger partial charge in [0, 0.05) is 24.3 Å². The Morgan fingerprint density at radius 1 is 1.35 bits per heavy atom. The van der Waals surface area contributed by atoms with Crippen LogP contribution in [0.2, 0.25) is 0 Å². The molecule has 0 radical (unpaired) electrons. The van der Waals surface area contributed by atoms with Crippen molar-refractivity contribution in [2.75, 3.05) is 11.4 Å². The molecule has 2 atom stereocenters. The lowest BCUT2D eigenvalue weighted by Crippen LogP contribution is -2.54. The molecule has 2 aliphatic rings. The van der Waals surface area contributed by atoms with E-state index in [2.05, 4.69) is 47.5 Å². The third kappa shape index (κ3) is 2.66. The Morgan fingerprint density at radius 3 is 2.80 bits per heavy atom. The summed E-state index contributed by atoms with van der Waals surface area (Å²) in [7, 11) is 0. The Kier molecular flexibility index (Phi) is 3.43. The van der Waals surface area contributed by atoms with E-state index < -0.39 is 5.54 Å². The van der Waals surface area contributed by atoms with Gasteiger partial charge >= 0.3 is 0 Å². The number of hydrogen-bond donors (Lipinski definition) is 1. The Labute approximate surface area is 121 Å². The van der Waals surface area contributed by atoms with Crippen LogP contribution in [-0.4, -0.2) is 24.2 Å². The van der Waals surface area contributed by atoms with Gasteiger partial charge in [-0.15, -0.1) is 0 Å². The molecule has 1 fully saturated rings. The van der Waals surface area contributed by atoms with Gasteiger partial charge in [0.15, 0.2) is 0 Å². The normalized spacial score (nSPS) is 24.6. The quantitative estimate of drug-likeness (QED) is 0.913. The second kappa shape index (κ2) is 5.10. The van der Waals surface area contributed by atoms with Crippen molar-refractivity contribution in [3.8, 4) is 6.07 Å². The zero-order chi connectivity index (χ0) is 14.2. The Bertz CT molecular complexity index is 529. The zero-order valence-corrected chi connectivity index (χ0v) is 12.4. The number of hydrogen-bond acceptors (Lipinski definition) is 3. The molecule has 1 aliphatic carbocycles. The number of aryl methyl sites for hydroxylation is 1. The summed E-state index contributed by atoms with van der Waals surface area (Å²) in [6.45, 7) is 5.07. The third-order valence-corrected chi connectivity index (χ3v) is 4.50. The zero-order valence-electron chi connectivity index (χ0n) is 12.4. The molecule has 1 N–H and O–H groups in total. The maximum atomic E-state index is 9.59. The first-order chi connectivity index (χ1) is 9.61. The average molecular weight is 269 g/mol. The van der Waals surface area contributed by atoms with E-state index in [4.69, 9.17) is 0 Å². The number of nitrogens with one attached hydrogen (secondary N) is 1. The number of benzene rings is 1. The molecule has 20 heavy (non-hydrogen) atoms. The van der Waals surface area contributed by atoms with Gasteiger partial charge in [0.1, 0.15) is 5.54 Å². The first-order valence-electron chi connectivity index (χ1n) is 7.65. The summed E-state index contributed by atoms with van der Waals surface area (Å²) in [5, 5.41) is 13.1. The van der Waals surface area contributed by atoms with E-state index in [9.17, 15) is 5.26 Å². The predicted molar refractivity (Wildman–Crippen MR) is 81.7 cm³/mol. The molecule has 0 saturated heterocycles. The minimum Gasteiger partial charge on any atom is -0.366 e. The summed E-state index contributed by atoms with van der Waals surface area (Å²) in [5.74, 6) is 0. The summed E-state index contributed by atoms with van der Waals surface area (Å²) in [4.78, 5) is 2.41. The van der Waals surface area contributed by atoms with Gasteiger partial charge in [-0.3, -0.25) is 5.32 Å². The molecular weight excluding hydrogens is 246 g/mol. The lowest BCUT2D eigenvalue weighted by molar-refractivity contribution is 0.413. The van der Waals surface area contributed by atoms with Crippen molar-refractivity contribution < 1.29 is 0 Å². The van der Waals surface area contributed by atoms with Crippen LogP contribution in [0.15, 0.2) is 24.3 Å². The van der Waals surface area contributed by atoms with Crippen LogP contribution in [0.25, 0.3) is 0 Å². The van der Waals surface area contributed by atoms with E-state index in [0.29, 0.717) is 12.1 Å². The van der Waals surface area contributed by atoms with Crippen molar-refractivity contribution in [3.05, 3.63) is 29.8 Å². The number of nitrogens with zero attached hydrogens (tertiary/aromatic N) is 2. The maximum Gasteiger partial charge on any atom is 0.121 e. The van der Waals surface area contributed by atoms with E-state index in [0.717, 1.165) is 13.0 Å². The molecular formula is C17H23N3. The number of para-hydroxylation sites is 1. The number of nitriles is 1. The van der Waals surface area contributed by atoms with E-state index in [1.807, 2.05) is 6.92 Å². The summed E-state index contributed by atoms with van der Waals surface area (Å²) in [6, 6.07) is 12.2. The minimum absolute atomic E-state index is 0.458.